The first kappa shape index (κ1) is 11.0. The Labute approximate surface area is 79.2 Å². The van der Waals surface area contributed by atoms with Crippen LogP contribution in [0, 0.1) is 0 Å². The predicted octanol–water partition coefficient (Wildman–Crippen LogP) is 1.36. The Morgan fingerprint density at radius 1 is 1.57 bits per heavy atom. The Morgan fingerprint density at radius 3 is 2.50 bits per heavy atom. The summed E-state index contributed by atoms with van der Waals surface area (Å²) < 4.78 is 37.7. The first-order valence-corrected chi connectivity index (χ1v) is 4.09. The van der Waals surface area contributed by atoms with Crippen LogP contribution in [0.25, 0.3) is 0 Å². The van der Waals surface area contributed by atoms with Gasteiger partial charge >= 0.3 is 6.18 Å². The van der Waals surface area contributed by atoms with Crippen LogP contribution in [0.5, 0.6) is 0 Å². The third kappa shape index (κ3) is 2.47. The zero-order valence-electron chi connectivity index (χ0n) is 7.84. The zero-order valence-corrected chi connectivity index (χ0v) is 7.84. The van der Waals surface area contributed by atoms with Crippen molar-refractivity contribution in [3.8, 4) is 0 Å². The van der Waals surface area contributed by atoms with Gasteiger partial charge in [-0.2, -0.15) is 18.3 Å². The van der Waals surface area contributed by atoms with Gasteiger partial charge in [-0.15, -0.1) is 0 Å². The lowest BCUT2D eigenvalue weighted by molar-refractivity contribution is -0.141. The quantitative estimate of drug-likeness (QED) is 0.796. The van der Waals surface area contributed by atoms with Crippen LogP contribution >= 0.6 is 0 Å². The molecular formula is C8H11F3N2O. The summed E-state index contributed by atoms with van der Waals surface area (Å²) in [6.45, 7) is 1.51. The molecule has 1 heterocycles. The molecule has 0 spiro atoms. The van der Waals surface area contributed by atoms with Crippen molar-refractivity contribution < 1.29 is 18.3 Å². The maximum Gasteiger partial charge on any atom is 0.435 e. The number of rotatable bonds is 2. The summed E-state index contributed by atoms with van der Waals surface area (Å²) in [5.74, 6) is 0. The predicted molar refractivity (Wildman–Crippen MR) is 43.6 cm³/mol. The van der Waals surface area contributed by atoms with Gasteiger partial charge in [0.25, 0.3) is 0 Å². The van der Waals surface area contributed by atoms with Crippen molar-refractivity contribution in [3.63, 3.8) is 0 Å². The molecule has 0 amide bonds. The summed E-state index contributed by atoms with van der Waals surface area (Å²) in [4.78, 5) is 0. The number of aliphatic hydroxyl groups is 1. The molecule has 0 aliphatic rings. The molecule has 6 heteroatoms. The molecule has 0 unspecified atom stereocenters. The van der Waals surface area contributed by atoms with Crippen LogP contribution in [-0.4, -0.2) is 21.0 Å². The van der Waals surface area contributed by atoms with Crippen LogP contribution in [0.3, 0.4) is 0 Å². The molecule has 14 heavy (non-hydrogen) atoms. The monoisotopic (exact) mass is 208 g/mol. The summed E-state index contributed by atoms with van der Waals surface area (Å²) in [7, 11) is 1.42. The maximum atomic E-state index is 12.2. The highest BCUT2D eigenvalue weighted by Crippen LogP contribution is 2.28. The summed E-state index contributed by atoms with van der Waals surface area (Å²) in [5.41, 5.74) is -0.553. The van der Waals surface area contributed by atoms with Gasteiger partial charge in [0.05, 0.1) is 6.10 Å². The van der Waals surface area contributed by atoms with Gasteiger partial charge in [0.2, 0.25) is 0 Å². The molecule has 0 saturated carbocycles. The van der Waals surface area contributed by atoms with Gasteiger partial charge in [-0.1, -0.05) is 0 Å². The van der Waals surface area contributed by atoms with E-state index in [-0.39, 0.29) is 6.42 Å². The molecule has 0 aliphatic carbocycles. The molecule has 0 saturated heterocycles. The summed E-state index contributed by atoms with van der Waals surface area (Å²) in [5, 5.41) is 12.3. The standard InChI is InChI=1S/C8H11F3N2O/c1-5(14)3-6-4-7(8(9,10)11)12-13(6)2/h4-5,14H,3H2,1-2H3/t5-/m0/s1. The molecule has 1 rings (SSSR count). The van der Waals surface area contributed by atoms with Crippen molar-refractivity contribution in [2.24, 2.45) is 7.05 Å². The number of aromatic nitrogens is 2. The van der Waals surface area contributed by atoms with Gasteiger partial charge in [-0.05, 0) is 13.0 Å². The molecular weight excluding hydrogens is 197 g/mol. The van der Waals surface area contributed by atoms with E-state index >= 15 is 0 Å². The summed E-state index contributed by atoms with van der Waals surface area (Å²) >= 11 is 0. The Hall–Kier alpha value is -1.04. The lowest BCUT2D eigenvalue weighted by atomic mass is 10.2. The first-order valence-electron chi connectivity index (χ1n) is 4.09. The van der Waals surface area contributed by atoms with Gasteiger partial charge in [0, 0.05) is 19.2 Å². The molecule has 0 bridgehead atoms. The fourth-order valence-corrected chi connectivity index (χ4v) is 1.14. The summed E-state index contributed by atoms with van der Waals surface area (Å²) in [6.07, 6.45) is -4.93. The van der Waals surface area contributed by atoms with E-state index in [1.165, 1.54) is 14.0 Å². The van der Waals surface area contributed by atoms with E-state index in [1.54, 1.807) is 0 Å². The molecule has 0 aromatic carbocycles. The largest absolute Gasteiger partial charge is 0.435 e. The van der Waals surface area contributed by atoms with Crippen molar-refractivity contribution in [2.75, 3.05) is 0 Å². The first-order chi connectivity index (χ1) is 6.30. The zero-order chi connectivity index (χ0) is 10.9. The van der Waals surface area contributed by atoms with Crippen molar-refractivity contribution in [2.45, 2.75) is 25.6 Å². The van der Waals surface area contributed by atoms with E-state index < -0.39 is 18.0 Å². The van der Waals surface area contributed by atoms with Gasteiger partial charge in [-0.25, -0.2) is 0 Å². The van der Waals surface area contributed by atoms with Crippen molar-refractivity contribution >= 4 is 0 Å². The Morgan fingerprint density at radius 2 is 2.14 bits per heavy atom. The number of hydrogen-bond donors (Lipinski definition) is 1. The topological polar surface area (TPSA) is 38.1 Å². The minimum Gasteiger partial charge on any atom is -0.393 e. The molecule has 0 aliphatic heterocycles. The van der Waals surface area contributed by atoms with Crippen LogP contribution in [0.1, 0.15) is 18.3 Å². The van der Waals surface area contributed by atoms with E-state index in [1.807, 2.05) is 0 Å². The molecule has 1 atom stereocenters. The lowest BCUT2D eigenvalue weighted by Crippen LogP contribution is -2.08. The van der Waals surface area contributed by atoms with Gasteiger partial charge in [0.1, 0.15) is 0 Å². The number of aliphatic hydroxyl groups excluding tert-OH is 1. The van der Waals surface area contributed by atoms with Gasteiger partial charge in [-0.3, -0.25) is 4.68 Å². The number of aryl methyl sites for hydroxylation is 1. The molecule has 3 nitrogen and oxygen atoms in total. The highest BCUT2D eigenvalue weighted by Gasteiger charge is 2.34. The van der Waals surface area contributed by atoms with E-state index in [0.29, 0.717) is 5.69 Å². The van der Waals surface area contributed by atoms with Crippen molar-refractivity contribution in [1.29, 1.82) is 0 Å². The van der Waals surface area contributed by atoms with Crippen molar-refractivity contribution in [3.05, 3.63) is 17.5 Å². The minimum absolute atomic E-state index is 0.166. The average molecular weight is 208 g/mol. The minimum atomic E-state index is -4.42. The van der Waals surface area contributed by atoms with Gasteiger partial charge in [0.15, 0.2) is 5.69 Å². The highest BCUT2D eigenvalue weighted by molar-refractivity contribution is 5.13. The van der Waals surface area contributed by atoms with Crippen LogP contribution in [-0.2, 0) is 19.6 Å². The fourth-order valence-electron chi connectivity index (χ4n) is 1.14. The van der Waals surface area contributed by atoms with Crippen LogP contribution in [0.2, 0.25) is 0 Å². The normalized spacial score (nSPS) is 14.4. The lowest BCUT2D eigenvalue weighted by Gasteiger charge is -2.02. The van der Waals surface area contributed by atoms with E-state index in [9.17, 15) is 13.2 Å². The maximum absolute atomic E-state index is 12.2. The number of alkyl halides is 3. The molecule has 1 aromatic heterocycles. The number of nitrogens with zero attached hydrogens (tertiary/aromatic N) is 2. The van der Waals surface area contributed by atoms with Crippen LogP contribution in [0.15, 0.2) is 6.07 Å². The second kappa shape index (κ2) is 3.61. The third-order valence-electron chi connectivity index (χ3n) is 1.77. The fraction of sp³-hybridized carbons (Fsp3) is 0.625. The second-order valence-electron chi connectivity index (χ2n) is 3.20. The summed E-state index contributed by atoms with van der Waals surface area (Å²) in [6, 6.07) is 0.951. The molecule has 1 N–H and O–H groups in total. The molecule has 0 radical (unpaired) electrons. The Bertz CT molecular complexity index is 317. The molecule has 80 valence electrons. The molecule has 0 fully saturated rings. The second-order valence-corrected chi connectivity index (χ2v) is 3.20. The Balaban J connectivity index is 2.94. The van der Waals surface area contributed by atoms with E-state index in [0.717, 1.165) is 10.7 Å². The van der Waals surface area contributed by atoms with E-state index in [4.69, 9.17) is 5.11 Å². The number of halogens is 3. The third-order valence-corrected chi connectivity index (χ3v) is 1.77. The number of hydrogen-bond acceptors (Lipinski definition) is 2. The van der Waals surface area contributed by atoms with Gasteiger partial charge < -0.3 is 5.11 Å². The SMILES string of the molecule is C[C@H](O)Cc1cc(C(F)(F)F)nn1C. The smallest absolute Gasteiger partial charge is 0.393 e. The molecule has 1 aromatic rings. The van der Waals surface area contributed by atoms with Crippen LogP contribution in [0.4, 0.5) is 13.2 Å². The average Bonchev–Trinajstić information content (AvgIpc) is 2.30. The highest BCUT2D eigenvalue weighted by atomic mass is 19.4. The van der Waals surface area contributed by atoms with Crippen molar-refractivity contribution in [1.82, 2.24) is 9.78 Å². The van der Waals surface area contributed by atoms with Crippen LogP contribution < -0.4 is 0 Å². The van der Waals surface area contributed by atoms with E-state index in [2.05, 4.69) is 5.10 Å². The Kier molecular flexibility index (Phi) is 2.84.